The molecule has 17 heavy (non-hydrogen) atoms. The Bertz CT molecular complexity index is 278. The van der Waals surface area contributed by atoms with E-state index >= 15 is 0 Å². The van der Waals surface area contributed by atoms with E-state index < -0.39 is 0 Å². The Labute approximate surface area is 104 Å². The second-order valence-corrected chi connectivity index (χ2v) is 4.77. The molecule has 1 heterocycles. The average Bonchev–Trinajstić information content (AvgIpc) is 2.88. The van der Waals surface area contributed by atoms with Gasteiger partial charge in [0, 0.05) is 12.6 Å². The van der Waals surface area contributed by atoms with Crippen LogP contribution in [0.3, 0.4) is 0 Å². The normalized spacial score (nSPS) is 17.4. The van der Waals surface area contributed by atoms with Crippen LogP contribution in [0.1, 0.15) is 44.3 Å². The van der Waals surface area contributed by atoms with Crippen LogP contribution in [0.15, 0.2) is 22.8 Å². The van der Waals surface area contributed by atoms with Gasteiger partial charge in [-0.2, -0.15) is 0 Å². The monoisotopic (exact) mass is 237 g/mol. The molecular formula is C14H23NO2. The molecule has 1 N–H and O–H groups in total. The predicted molar refractivity (Wildman–Crippen MR) is 67.9 cm³/mol. The van der Waals surface area contributed by atoms with Crippen LogP contribution < -0.4 is 5.32 Å². The SMILES string of the molecule is c1coc(COCCCNC2CCCCC2)c1. The van der Waals surface area contributed by atoms with Gasteiger partial charge in [0.1, 0.15) is 12.4 Å². The fourth-order valence-electron chi connectivity index (χ4n) is 2.35. The Balaban J connectivity index is 1.43. The van der Waals surface area contributed by atoms with Gasteiger partial charge in [-0.3, -0.25) is 0 Å². The van der Waals surface area contributed by atoms with E-state index in [0.717, 1.165) is 31.4 Å². The first-order valence-electron chi connectivity index (χ1n) is 6.78. The Morgan fingerprint density at radius 2 is 2.18 bits per heavy atom. The Hall–Kier alpha value is -0.800. The maximum atomic E-state index is 5.53. The predicted octanol–water partition coefficient (Wildman–Crippen LogP) is 3.11. The molecule has 2 rings (SSSR count). The Morgan fingerprint density at radius 1 is 1.29 bits per heavy atom. The third kappa shape index (κ3) is 4.92. The van der Waals surface area contributed by atoms with Crippen LogP contribution in [0.2, 0.25) is 0 Å². The molecule has 1 aliphatic carbocycles. The molecule has 0 bridgehead atoms. The summed E-state index contributed by atoms with van der Waals surface area (Å²) in [6, 6.07) is 4.60. The van der Waals surface area contributed by atoms with Crippen molar-refractivity contribution in [2.75, 3.05) is 13.2 Å². The van der Waals surface area contributed by atoms with Gasteiger partial charge in [0.15, 0.2) is 0 Å². The minimum Gasteiger partial charge on any atom is -0.467 e. The van der Waals surface area contributed by atoms with E-state index in [-0.39, 0.29) is 0 Å². The lowest BCUT2D eigenvalue weighted by Gasteiger charge is -2.22. The van der Waals surface area contributed by atoms with E-state index in [2.05, 4.69) is 5.32 Å². The quantitative estimate of drug-likeness (QED) is 0.740. The van der Waals surface area contributed by atoms with Crippen LogP contribution in [-0.2, 0) is 11.3 Å². The molecule has 96 valence electrons. The molecule has 1 aromatic heterocycles. The van der Waals surface area contributed by atoms with Crippen molar-refractivity contribution in [2.24, 2.45) is 0 Å². The van der Waals surface area contributed by atoms with E-state index in [1.165, 1.54) is 32.1 Å². The fourth-order valence-corrected chi connectivity index (χ4v) is 2.35. The molecule has 0 spiro atoms. The van der Waals surface area contributed by atoms with Crippen molar-refractivity contribution >= 4 is 0 Å². The van der Waals surface area contributed by atoms with Crippen molar-refractivity contribution in [3.05, 3.63) is 24.2 Å². The molecular weight excluding hydrogens is 214 g/mol. The van der Waals surface area contributed by atoms with Crippen molar-refractivity contribution in [1.82, 2.24) is 5.32 Å². The third-order valence-corrected chi connectivity index (χ3v) is 3.33. The number of rotatable bonds is 7. The molecule has 0 atom stereocenters. The highest BCUT2D eigenvalue weighted by Gasteiger charge is 2.11. The van der Waals surface area contributed by atoms with E-state index in [9.17, 15) is 0 Å². The van der Waals surface area contributed by atoms with Gasteiger partial charge in [0.05, 0.1) is 6.26 Å². The van der Waals surface area contributed by atoms with Crippen molar-refractivity contribution < 1.29 is 9.15 Å². The number of furan rings is 1. The lowest BCUT2D eigenvalue weighted by atomic mass is 9.95. The molecule has 3 nitrogen and oxygen atoms in total. The highest BCUT2D eigenvalue weighted by molar-refractivity contribution is 4.95. The molecule has 0 aliphatic heterocycles. The van der Waals surface area contributed by atoms with Crippen LogP contribution in [0.25, 0.3) is 0 Å². The number of nitrogens with one attached hydrogen (secondary N) is 1. The van der Waals surface area contributed by atoms with Gasteiger partial charge in [0.2, 0.25) is 0 Å². The van der Waals surface area contributed by atoms with E-state index in [4.69, 9.17) is 9.15 Å². The molecule has 1 aliphatic rings. The standard InChI is InChI=1S/C14H23NO2/c1-2-6-13(7-3-1)15-9-5-10-16-12-14-8-4-11-17-14/h4,8,11,13,15H,1-3,5-7,9-10,12H2. The van der Waals surface area contributed by atoms with Gasteiger partial charge in [-0.15, -0.1) is 0 Å². The Morgan fingerprint density at radius 3 is 2.94 bits per heavy atom. The summed E-state index contributed by atoms with van der Waals surface area (Å²) in [5, 5.41) is 3.61. The highest BCUT2D eigenvalue weighted by Crippen LogP contribution is 2.17. The summed E-state index contributed by atoms with van der Waals surface area (Å²) >= 11 is 0. The van der Waals surface area contributed by atoms with Crippen LogP contribution in [0, 0.1) is 0 Å². The van der Waals surface area contributed by atoms with Crippen LogP contribution in [-0.4, -0.2) is 19.2 Å². The molecule has 3 heteroatoms. The molecule has 0 unspecified atom stereocenters. The van der Waals surface area contributed by atoms with Crippen LogP contribution in [0.4, 0.5) is 0 Å². The van der Waals surface area contributed by atoms with Crippen molar-refractivity contribution in [1.29, 1.82) is 0 Å². The van der Waals surface area contributed by atoms with Gasteiger partial charge in [-0.25, -0.2) is 0 Å². The van der Waals surface area contributed by atoms with Gasteiger partial charge < -0.3 is 14.5 Å². The van der Waals surface area contributed by atoms with E-state index in [1.807, 2.05) is 12.1 Å². The zero-order valence-corrected chi connectivity index (χ0v) is 10.5. The van der Waals surface area contributed by atoms with Crippen molar-refractivity contribution in [3.63, 3.8) is 0 Å². The second kappa shape index (κ2) is 7.51. The minimum atomic E-state index is 0.594. The third-order valence-electron chi connectivity index (χ3n) is 3.33. The van der Waals surface area contributed by atoms with Crippen molar-refractivity contribution in [2.45, 2.75) is 51.2 Å². The molecule has 0 radical (unpaired) electrons. The van der Waals surface area contributed by atoms with Crippen LogP contribution >= 0.6 is 0 Å². The van der Waals surface area contributed by atoms with Gasteiger partial charge >= 0.3 is 0 Å². The van der Waals surface area contributed by atoms with Gasteiger partial charge in [0.25, 0.3) is 0 Å². The second-order valence-electron chi connectivity index (χ2n) is 4.77. The Kier molecular flexibility index (Phi) is 5.59. The number of hydrogen-bond donors (Lipinski definition) is 1. The molecule has 1 fully saturated rings. The summed E-state index contributed by atoms with van der Waals surface area (Å²) in [5.74, 6) is 0.908. The first-order chi connectivity index (χ1) is 8.45. The highest BCUT2D eigenvalue weighted by atomic mass is 16.5. The minimum absolute atomic E-state index is 0.594. The van der Waals surface area contributed by atoms with E-state index in [0.29, 0.717) is 6.61 Å². The van der Waals surface area contributed by atoms with Crippen molar-refractivity contribution in [3.8, 4) is 0 Å². The maximum Gasteiger partial charge on any atom is 0.129 e. The topological polar surface area (TPSA) is 34.4 Å². The summed E-state index contributed by atoms with van der Waals surface area (Å²) in [7, 11) is 0. The first-order valence-corrected chi connectivity index (χ1v) is 6.78. The molecule has 0 amide bonds. The molecule has 0 saturated heterocycles. The summed E-state index contributed by atoms with van der Waals surface area (Å²) < 4.78 is 10.7. The lowest BCUT2D eigenvalue weighted by Crippen LogP contribution is -2.32. The van der Waals surface area contributed by atoms with E-state index in [1.54, 1.807) is 6.26 Å². The summed E-state index contributed by atoms with van der Waals surface area (Å²) in [5.41, 5.74) is 0. The molecule has 1 saturated carbocycles. The average molecular weight is 237 g/mol. The van der Waals surface area contributed by atoms with Crippen LogP contribution in [0.5, 0.6) is 0 Å². The molecule has 0 aromatic carbocycles. The zero-order valence-electron chi connectivity index (χ0n) is 10.5. The summed E-state index contributed by atoms with van der Waals surface area (Å²) in [4.78, 5) is 0. The smallest absolute Gasteiger partial charge is 0.129 e. The number of ether oxygens (including phenoxy) is 1. The fraction of sp³-hybridized carbons (Fsp3) is 0.714. The number of hydrogen-bond acceptors (Lipinski definition) is 3. The largest absolute Gasteiger partial charge is 0.467 e. The summed E-state index contributed by atoms with van der Waals surface area (Å²) in [6.07, 6.45) is 9.69. The molecule has 1 aromatic rings. The maximum absolute atomic E-state index is 5.53. The first kappa shape index (κ1) is 12.7. The zero-order chi connectivity index (χ0) is 11.8. The van der Waals surface area contributed by atoms with Gasteiger partial charge in [-0.05, 0) is 37.9 Å². The lowest BCUT2D eigenvalue weighted by molar-refractivity contribution is 0.103. The van der Waals surface area contributed by atoms with Gasteiger partial charge in [-0.1, -0.05) is 19.3 Å². The summed E-state index contributed by atoms with van der Waals surface area (Å²) in [6.45, 7) is 2.47.